The Labute approximate surface area is 61.8 Å². The van der Waals surface area contributed by atoms with E-state index < -0.39 is 18.4 Å². The number of hydrogen-bond donors (Lipinski definition) is 3. The van der Waals surface area contributed by atoms with Crippen LogP contribution in [0.3, 0.4) is 0 Å². The molecule has 0 rings (SSSR count). The molecule has 0 bridgehead atoms. The Bertz CT molecular complexity index is 205. The summed E-state index contributed by atoms with van der Waals surface area (Å²) in [6.45, 7) is -1.06. The molecule has 0 spiro atoms. The summed E-state index contributed by atoms with van der Waals surface area (Å²) in [6, 6.07) is 0. The van der Waals surface area contributed by atoms with Crippen LogP contribution in [0.5, 0.6) is 0 Å². The van der Waals surface area contributed by atoms with Crippen LogP contribution in [0.1, 0.15) is 0 Å². The van der Waals surface area contributed by atoms with Gasteiger partial charge in [0.15, 0.2) is 0 Å². The van der Waals surface area contributed by atoms with Gasteiger partial charge in [-0.05, 0) is 6.58 Å². The molecular weight excluding hydrogens is 179 g/mol. The monoisotopic (exact) mass is 184 g/mol. The fourth-order valence-corrected chi connectivity index (χ4v) is 0.818. The molecule has 0 atom stereocenters. The zero-order chi connectivity index (χ0) is 8.36. The molecule has 0 aliphatic rings. The first-order chi connectivity index (χ1) is 4.33. The number of carboxylic acid groups (broad SMARTS) is 1. The molecule has 0 radical (unpaired) electrons. The second kappa shape index (κ2) is 3.12. The van der Waals surface area contributed by atoms with Crippen molar-refractivity contribution in [3.05, 3.63) is 12.3 Å². The van der Waals surface area contributed by atoms with Crippen molar-refractivity contribution in [3.63, 3.8) is 0 Å². The van der Waals surface area contributed by atoms with Gasteiger partial charge in [0.1, 0.15) is 0 Å². The van der Waals surface area contributed by atoms with E-state index in [4.69, 9.17) is 14.9 Å². The highest BCUT2D eigenvalue weighted by Gasteiger charge is 2.15. The molecule has 58 valence electrons. The van der Waals surface area contributed by atoms with Crippen molar-refractivity contribution >= 4 is 24.5 Å². The van der Waals surface area contributed by atoms with Crippen molar-refractivity contribution in [2.75, 3.05) is 0 Å². The van der Waals surface area contributed by atoms with Gasteiger partial charge in [0, 0.05) is 11.8 Å². The molecule has 0 saturated heterocycles. The molecule has 0 heterocycles. The smallest absolute Gasteiger partial charge is 0.375 e. The van der Waals surface area contributed by atoms with Crippen molar-refractivity contribution in [1.82, 2.24) is 0 Å². The lowest BCUT2D eigenvalue weighted by molar-refractivity contribution is -0.135. The lowest BCUT2D eigenvalue weighted by Crippen LogP contribution is -2.01. The standard InChI is InChI=1S/C3H5O5PS/c1-2(3(4)5)8-9(6,7)10/h1H2,(H,4,5)(H2,6,7,10). The lowest BCUT2D eigenvalue weighted by atomic mass is 10.6. The van der Waals surface area contributed by atoms with Gasteiger partial charge in [0.05, 0.1) is 0 Å². The Balaban J connectivity index is 4.07. The number of carboxylic acids is 1. The predicted molar refractivity (Wildman–Crippen MR) is 36.6 cm³/mol. The highest BCUT2D eigenvalue weighted by molar-refractivity contribution is 8.06. The minimum absolute atomic E-state index is 0.770. The quantitative estimate of drug-likeness (QED) is 0.320. The van der Waals surface area contributed by atoms with Crippen molar-refractivity contribution in [2.24, 2.45) is 0 Å². The fourth-order valence-electron chi connectivity index (χ4n) is 0.183. The van der Waals surface area contributed by atoms with E-state index >= 15 is 0 Å². The SMILES string of the molecule is C=C(OP(O)(O)=S)C(=O)O. The Morgan fingerprint density at radius 2 is 2.00 bits per heavy atom. The Kier molecular flexibility index (Phi) is 2.98. The number of carbonyl (C=O) groups is 1. The Hall–Kier alpha value is -0.420. The van der Waals surface area contributed by atoms with Crippen LogP contribution in [0.2, 0.25) is 0 Å². The molecule has 0 saturated carbocycles. The summed E-state index contributed by atoms with van der Waals surface area (Å²) < 4.78 is 3.94. The van der Waals surface area contributed by atoms with E-state index in [0.29, 0.717) is 0 Å². The molecule has 5 nitrogen and oxygen atoms in total. The molecule has 0 fully saturated rings. The summed E-state index contributed by atoms with van der Waals surface area (Å²) in [7, 11) is 0. The zero-order valence-corrected chi connectivity index (χ0v) is 6.43. The topological polar surface area (TPSA) is 87.0 Å². The maximum atomic E-state index is 9.90. The van der Waals surface area contributed by atoms with Gasteiger partial charge in [-0.25, -0.2) is 4.79 Å². The van der Waals surface area contributed by atoms with Crippen molar-refractivity contribution < 1.29 is 24.2 Å². The second-order valence-corrected chi connectivity index (χ2v) is 3.90. The normalized spacial score (nSPS) is 10.6. The number of rotatable bonds is 3. The largest absolute Gasteiger partial charge is 0.475 e. The van der Waals surface area contributed by atoms with Gasteiger partial charge in [-0.3, -0.25) is 0 Å². The van der Waals surface area contributed by atoms with E-state index in [9.17, 15) is 4.79 Å². The van der Waals surface area contributed by atoms with Crippen LogP contribution in [0.15, 0.2) is 12.3 Å². The third kappa shape index (κ3) is 4.46. The molecule has 7 heteroatoms. The minimum Gasteiger partial charge on any atom is -0.475 e. The van der Waals surface area contributed by atoms with Crippen LogP contribution in [0.4, 0.5) is 0 Å². The third-order valence-electron chi connectivity index (χ3n) is 0.468. The minimum atomic E-state index is -3.92. The van der Waals surface area contributed by atoms with Gasteiger partial charge in [-0.2, -0.15) is 0 Å². The summed E-state index contributed by atoms with van der Waals surface area (Å²) in [5.74, 6) is -2.24. The second-order valence-electron chi connectivity index (χ2n) is 1.31. The van der Waals surface area contributed by atoms with Gasteiger partial charge in [-0.15, -0.1) is 0 Å². The number of aliphatic carboxylic acids is 1. The van der Waals surface area contributed by atoms with Crippen molar-refractivity contribution in [3.8, 4) is 0 Å². The lowest BCUT2D eigenvalue weighted by Gasteiger charge is -2.07. The summed E-state index contributed by atoms with van der Waals surface area (Å²) in [6.07, 6.45) is 0. The molecule has 0 aromatic rings. The molecule has 3 N–H and O–H groups in total. The highest BCUT2D eigenvalue weighted by Crippen LogP contribution is 2.38. The van der Waals surface area contributed by atoms with E-state index in [1.54, 1.807) is 0 Å². The van der Waals surface area contributed by atoms with E-state index in [-0.39, 0.29) is 0 Å². The molecule has 0 aromatic heterocycles. The average molecular weight is 184 g/mol. The maximum absolute atomic E-state index is 9.90. The number of hydrogen-bond acceptors (Lipinski definition) is 3. The van der Waals surface area contributed by atoms with Crippen LogP contribution in [-0.2, 0) is 21.1 Å². The Morgan fingerprint density at radius 3 is 2.10 bits per heavy atom. The molecule has 0 aromatic carbocycles. The van der Waals surface area contributed by atoms with Gasteiger partial charge in [-0.1, -0.05) is 0 Å². The van der Waals surface area contributed by atoms with Crippen LogP contribution in [-0.4, -0.2) is 20.9 Å². The van der Waals surface area contributed by atoms with Crippen molar-refractivity contribution in [1.29, 1.82) is 0 Å². The van der Waals surface area contributed by atoms with Crippen molar-refractivity contribution in [2.45, 2.75) is 0 Å². The summed E-state index contributed by atoms with van der Waals surface area (Å²) >= 11 is 3.96. The summed E-state index contributed by atoms with van der Waals surface area (Å²) in [4.78, 5) is 26.6. The van der Waals surface area contributed by atoms with Gasteiger partial charge in [0.2, 0.25) is 5.76 Å². The van der Waals surface area contributed by atoms with E-state index in [1.165, 1.54) is 0 Å². The molecule has 0 amide bonds. The van der Waals surface area contributed by atoms with E-state index in [1.807, 2.05) is 0 Å². The average Bonchev–Trinajstić information content (AvgIpc) is 1.60. The first-order valence-corrected chi connectivity index (χ1v) is 4.63. The Morgan fingerprint density at radius 1 is 1.60 bits per heavy atom. The molecule has 0 unspecified atom stereocenters. The van der Waals surface area contributed by atoms with Crippen LogP contribution in [0, 0.1) is 0 Å². The van der Waals surface area contributed by atoms with Crippen LogP contribution in [0.25, 0.3) is 0 Å². The molecule has 10 heavy (non-hydrogen) atoms. The van der Waals surface area contributed by atoms with Gasteiger partial charge < -0.3 is 19.4 Å². The van der Waals surface area contributed by atoms with Gasteiger partial charge >= 0.3 is 12.7 Å². The van der Waals surface area contributed by atoms with Crippen LogP contribution >= 0.6 is 6.72 Å². The third-order valence-corrected chi connectivity index (χ3v) is 1.15. The predicted octanol–water partition coefficient (Wildman–Crippen LogP) is -0.190. The fraction of sp³-hybridized carbons (Fsp3) is 0. The molecule has 0 aliphatic heterocycles. The van der Waals surface area contributed by atoms with E-state index in [0.717, 1.165) is 0 Å². The highest BCUT2D eigenvalue weighted by atomic mass is 32.5. The zero-order valence-electron chi connectivity index (χ0n) is 4.72. The maximum Gasteiger partial charge on any atom is 0.375 e. The van der Waals surface area contributed by atoms with E-state index in [2.05, 4.69) is 22.9 Å². The van der Waals surface area contributed by atoms with Crippen LogP contribution < -0.4 is 0 Å². The summed E-state index contributed by atoms with van der Waals surface area (Å²) in [5, 5.41) is 8.07. The molecular formula is C3H5O5PS. The molecule has 0 aliphatic carbocycles. The van der Waals surface area contributed by atoms with Gasteiger partial charge in [0.25, 0.3) is 0 Å². The summed E-state index contributed by atoms with van der Waals surface area (Å²) in [5.41, 5.74) is 0. The first kappa shape index (κ1) is 9.58. The first-order valence-electron chi connectivity index (χ1n) is 2.00.